The van der Waals surface area contributed by atoms with Crippen LogP contribution in [0.3, 0.4) is 0 Å². The third kappa shape index (κ3) is 4.09. The van der Waals surface area contributed by atoms with Crippen molar-refractivity contribution in [3.05, 3.63) is 39.3 Å². The van der Waals surface area contributed by atoms with E-state index in [1.54, 1.807) is 23.7 Å². The number of hydrogen-bond donors (Lipinski definition) is 1. The molecule has 0 spiro atoms. The molecule has 0 fully saturated rings. The number of nitriles is 1. The van der Waals surface area contributed by atoms with E-state index >= 15 is 0 Å². The smallest absolute Gasteiger partial charge is 0.268 e. The molecule has 0 unspecified atom stereocenters. The zero-order valence-corrected chi connectivity index (χ0v) is 14.7. The van der Waals surface area contributed by atoms with Gasteiger partial charge in [0, 0.05) is 16.0 Å². The Morgan fingerprint density at radius 2 is 2.09 bits per heavy atom. The lowest BCUT2D eigenvalue weighted by atomic mass is 10.1. The molecule has 1 aromatic carbocycles. The van der Waals surface area contributed by atoms with Crippen molar-refractivity contribution < 1.29 is 14.3 Å². The third-order valence-corrected chi connectivity index (χ3v) is 4.20. The van der Waals surface area contributed by atoms with Gasteiger partial charge in [0.1, 0.15) is 11.6 Å². The number of benzene rings is 1. The Hall–Kier alpha value is -2.37. The van der Waals surface area contributed by atoms with Crippen LogP contribution in [0.25, 0.3) is 6.08 Å². The maximum absolute atomic E-state index is 12.1. The summed E-state index contributed by atoms with van der Waals surface area (Å²) in [4.78, 5) is 16.1. The molecule has 2 aromatic rings. The number of thiazole rings is 1. The van der Waals surface area contributed by atoms with Gasteiger partial charge in [0.05, 0.1) is 14.2 Å². The first kappa shape index (κ1) is 17.0. The van der Waals surface area contributed by atoms with Crippen LogP contribution in [0.1, 0.15) is 5.56 Å². The van der Waals surface area contributed by atoms with Crippen LogP contribution in [0.15, 0.2) is 33.8 Å². The van der Waals surface area contributed by atoms with Crippen LogP contribution >= 0.6 is 27.3 Å². The highest BCUT2D eigenvalue weighted by Crippen LogP contribution is 2.34. The van der Waals surface area contributed by atoms with Gasteiger partial charge in [-0.3, -0.25) is 10.1 Å². The number of ether oxygens (including phenoxy) is 2. The standard InChI is InChI=1S/C15H12BrN3O3S/c1-21-12-6-9(11(16)7-13(12)22-2)5-10(8-17)14(20)19-15-18-3-4-23-15/h3-7H,1-2H3,(H,18,19,20)/b10-5+. The van der Waals surface area contributed by atoms with Crippen LogP contribution in [-0.4, -0.2) is 25.1 Å². The Bertz CT molecular complexity index is 782. The monoisotopic (exact) mass is 393 g/mol. The molecule has 2 rings (SSSR count). The Kier molecular flexibility index (Phi) is 5.73. The molecular weight excluding hydrogens is 382 g/mol. The summed E-state index contributed by atoms with van der Waals surface area (Å²) in [5, 5.41) is 14.0. The average molecular weight is 394 g/mol. The first-order valence-corrected chi connectivity index (χ1v) is 8.00. The van der Waals surface area contributed by atoms with Crippen molar-refractivity contribution in [3.63, 3.8) is 0 Å². The molecule has 1 amide bonds. The van der Waals surface area contributed by atoms with Crippen LogP contribution in [0.5, 0.6) is 11.5 Å². The number of halogens is 1. The molecule has 6 nitrogen and oxygen atoms in total. The molecule has 0 aliphatic heterocycles. The van der Waals surface area contributed by atoms with E-state index in [4.69, 9.17) is 9.47 Å². The number of carbonyl (C=O) groups excluding carboxylic acids is 1. The van der Waals surface area contributed by atoms with Crippen molar-refractivity contribution in [2.75, 3.05) is 19.5 Å². The molecule has 118 valence electrons. The molecule has 0 aliphatic rings. The fourth-order valence-electron chi connectivity index (χ4n) is 1.73. The zero-order chi connectivity index (χ0) is 16.8. The van der Waals surface area contributed by atoms with Crippen LogP contribution in [0.4, 0.5) is 5.13 Å². The topological polar surface area (TPSA) is 84.2 Å². The number of methoxy groups -OCH3 is 2. The van der Waals surface area contributed by atoms with E-state index < -0.39 is 5.91 Å². The summed E-state index contributed by atoms with van der Waals surface area (Å²) in [7, 11) is 3.04. The van der Waals surface area contributed by atoms with E-state index in [2.05, 4.69) is 26.2 Å². The minimum atomic E-state index is -0.524. The number of hydrogen-bond acceptors (Lipinski definition) is 6. The fourth-order valence-corrected chi connectivity index (χ4v) is 2.70. The lowest BCUT2D eigenvalue weighted by Gasteiger charge is -2.10. The van der Waals surface area contributed by atoms with Crippen LogP contribution < -0.4 is 14.8 Å². The van der Waals surface area contributed by atoms with Crippen LogP contribution in [0, 0.1) is 11.3 Å². The number of nitrogens with one attached hydrogen (secondary N) is 1. The molecule has 0 bridgehead atoms. The number of anilines is 1. The molecule has 0 atom stereocenters. The van der Waals surface area contributed by atoms with Crippen molar-refractivity contribution in [2.24, 2.45) is 0 Å². The molecule has 0 radical (unpaired) electrons. The van der Waals surface area contributed by atoms with Gasteiger partial charge in [-0.2, -0.15) is 5.26 Å². The number of rotatable bonds is 5. The fraction of sp³-hybridized carbons (Fsp3) is 0.133. The molecule has 0 aliphatic carbocycles. The van der Waals surface area contributed by atoms with Gasteiger partial charge in [-0.05, 0) is 23.8 Å². The number of aromatic nitrogens is 1. The lowest BCUT2D eigenvalue weighted by molar-refractivity contribution is -0.112. The minimum Gasteiger partial charge on any atom is -0.493 e. The number of nitrogens with zero attached hydrogens (tertiary/aromatic N) is 2. The number of carbonyl (C=O) groups is 1. The summed E-state index contributed by atoms with van der Waals surface area (Å²) in [5.41, 5.74) is 0.571. The van der Waals surface area contributed by atoms with Crippen LogP contribution in [-0.2, 0) is 4.79 Å². The first-order valence-electron chi connectivity index (χ1n) is 6.33. The second-order valence-electron chi connectivity index (χ2n) is 4.19. The maximum atomic E-state index is 12.1. The molecule has 23 heavy (non-hydrogen) atoms. The van der Waals surface area contributed by atoms with Crippen molar-refractivity contribution in [1.29, 1.82) is 5.26 Å². The maximum Gasteiger partial charge on any atom is 0.268 e. The minimum absolute atomic E-state index is 0.0480. The molecule has 1 N–H and O–H groups in total. The summed E-state index contributed by atoms with van der Waals surface area (Å²) in [5.74, 6) is 0.519. The Balaban J connectivity index is 2.34. The van der Waals surface area contributed by atoms with E-state index in [0.717, 1.165) is 0 Å². The van der Waals surface area contributed by atoms with Gasteiger partial charge in [0.25, 0.3) is 5.91 Å². The van der Waals surface area contributed by atoms with E-state index in [0.29, 0.717) is 26.7 Å². The van der Waals surface area contributed by atoms with E-state index in [9.17, 15) is 10.1 Å². The molecule has 8 heteroatoms. The molecule has 1 aromatic heterocycles. The largest absolute Gasteiger partial charge is 0.493 e. The van der Waals surface area contributed by atoms with Gasteiger partial charge in [0.15, 0.2) is 16.6 Å². The molecule has 0 saturated heterocycles. The van der Waals surface area contributed by atoms with Crippen molar-refractivity contribution in [1.82, 2.24) is 4.98 Å². The van der Waals surface area contributed by atoms with Gasteiger partial charge < -0.3 is 9.47 Å². The predicted octanol–water partition coefficient (Wildman–Crippen LogP) is 3.47. The second kappa shape index (κ2) is 7.76. The molecule has 1 heterocycles. The third-order valence-electron chi connectivity index (χ3n) is 2.82. The van der Waals surface area contributed by atoms with E-state index in [1.165, 1.54) is 31.6 Å². The highest BCUT2D eigenvalue weighted by molar-refractivity contribution is 9.10. The molecule has 0 saturated carbocycles. The Morgan fingerprint density at radius 3 is 2.65 bits per heavy atom. The predicted molar refractivity (Wildman–Crippen MR) is 91.6 cm³/mol. The first-order chi connectivity index (χ1) is 11.1. The Morgan fingerprint density at radius 1 is 1.39 bits per heavy atom. The van der Waals surface area contributed by atoms with Gasteiger partial charge in [-0.1, -0.05) is 15.9 Å². The highest BCUT2D eigenvalue weighted by atomic mass is 79.9. The zero-order valence-electron chi connectivity index (χ0n) is 12.3. The second-order valence-corrected chi connectivity index (χ2v) is 5.94. The molecular formula is C15H12BrN3O3S. The summed E-state index contributed by atoms with van der Waals surface area (Å²) in [6, 6.07) is 5.27. The average Bonchev–Trinajstić information content (AvgIpc) is 3.06. The summed E-state index contributed by atoms with van der Waals surface area (Å²) < 4.78 is 11.1. The summed E-state index contributed by atoms with van der Waals surface area (Å²) >= 11 is 4.66. The SMILES string of the molecule is COc1cc(Br)c(/C=C(\C#N)C(=O)Nc2nccs2)cc1OC. The summed E-state index contributed by atoms with van der Waals surface area (Å²) in [6.45, 7) is 0. The lowest BCUT2D eigenvalue weighted by Crippen LogP contribution is -2.13. The van der Waals surface area contributed by atoms with Gasteiger partial charge in [-0.15, -0.1) is 11.3 Å². The van der Waals surface area contributed by atoms with Crippen LogP contribution in [0.2, 0.25) is 0 Å². The van der Waals surface area contributed by atoms with Gasteiger partial charge in [0.2, 0.25) is 0 Å². The van der Waals surface area contributed by atoms with Crippen molar-refractivity contribution in [3.8, 4) is 17.6 Å². The Labute approximate surface area is 145 Å². The van der Waals surface area contributed by atoms with E-state index in [-0.39, 0.29) is 5.57 Å². The summed E-state index contributed by atoms with van der Waals surface area (Å²) in [6.07, 6.45) is 3.04. The van der Waals surface area contributed by atoms with Gasteiger partial charge >= 0.3 is 0 Å². The van der Waals surface area contributed by atoms with Crippen molar-refractivity contribution in [2.45, 2.75) is 0 Å². The highest BCUT2D eigenvalue weighted by Gasteiger charge is 2.14. The quantitative estimate of drug-likeness (QED) is 0.620. The van der Waals surface area contributed by atoms with Crippen molar-refractivity contribution >= 4 is 44.4 Å². The normalized spacial score (nSPS) is 10.8. The number of amides is 1. The van der Waals surface area contributed by atoms with Gasteiger partial charge in [-0.25, -0.2) is 4.98 Å². The van der Waals surface area contributed by atoms with E-state index in [1.807, 2.05) is 6.07 Å².